The van der Waals surface area contributed by atoms with Crippen LogP contribution in [0.5, 0.6) is 0 Å². The molecule has 0 aliphatic heterocycles. The molecule has 0 saturated heterocycles. The molecule has 1 atom stereocenters. The Labute approximate surface area is 81.5 Å². The van der Waals surface area contributed by atoms with Gasteiger partial charge in [-0.3, -0.25) is 0 Å². The van der Waals surface area contributed by atoms with Crippen LogP contribution in [0.4, 0.5) is 0 Å². The minimum atomic E-state index is -1.47. The van der Waals surface area contributed by atoms with Crippen LogP contribution < -0.4 is 5.30 Å². The molecule has 0 fully saturated rings. The van der Waals surface area contributed by atoms with Crippen LogP contribution in [0.15, 0.2) is 24.3 Å². The molecule has 0 aromatic heterocycles. The number of hydrogen-bond acceptors (Lipinski definition) is 2. The molecule has 1 aromatic rings. The number of halogens is 1. The Kier molecular flexibility index (Phi) is 4.07. The van der Waals surface area contributed by atoms with Crippen LogP contribution in [0.3, 0.4) is 0 Å². The quantitative estimate of drug-likeness (QED) is 0.724. The highest BCUT2D eigenvalue weighted by molar-refractivity contribution is 8.65. The van der Waals surface area contributed by atoms with Gasteiger partial charge in [0.2, 0.25) is 15.9 Å². The van der Waals surface area contributed by atoms with Crippen molar-refractivity contribution in [3.05, 3.63) is 29.8 Å². The summed E-state index contributed by atoms with van der Waals surface area (Å²) in [6.07, 6.45) is 0.898. The average molecular weight is 220 g/mol. The third-order valence-electron chi connectivity index (χ3n) is 1.63. The van der Waals surface area contributed by atoms with Crippen LogP contribution in [0.25, 0.3) is 0 Å². The van der Waals surface area contributed by atoms with Gasteiger partial charge >= 0.3 is 7.00 Å². The van der Waals surface area contributed by atoms with E-state index in [2.05, 4.69) is 0 Å². The molecule has 0 spiro atoms. The van der Waals surface area contributed by atoms with Gasteiger partial charge in [-0.1, -0.05) is 29.7 Å². The van der Waals surface area contributed by atoms with Gasteiger partial charge in [0.25, 0.3) is 0 Å². The van der Waals surface area contributed by atoms with Gasteiger partial charge in [-0.15, -0.1) is 0 Å². The summed E-state index contributed by atoms with van der Waals surface area (Å²) < 4.78 is 11.4. The fourth-order valence-electron chi connectivity index (χ4n) is 1.03. The first-order valence-corrected chi connectivity index (χ1v) is 7.14. The van der Waals surface area contributed by atoms with Crippen LogP contribution in [0.1, 0.15) is 12.5 Å². The van der Waals surface area contributed by atoms with Gasteiger partial charge in [0.05, 0.1) is 0 Å². The monoisotopic (exact) mass is 219 g/mol. The molecule has 64 valence electrons. The molecule has 1 nitrogen and oxygen atoms in total. The van der Waals surface area contributed by atoms with Crippen molar-refractivity contribution < 1.29 is 4.57 Å². The van der Waals surface area contributed by atoms with E-state index in [1.54, 1.807) is 0 Å². The zero-order valence-electron chi connectivity index (χ0n) is 6.66. The molecule has 0 radical (unpaired) electrons. The Bertz CT molecular complexity index is 290. The topological polar surface area (TPSA) is 17.1 Å². The molecule has 4 heteroatoms. The fourth-order valence-corrected chi connectivity index (χ4v) is 3.20. The van der Waals surface area contributed by atoms with Crippen molar-refractivity contribution in [3.8, 4) is 0 Å². The second-order valence-corrected chi connectivity index (χ2v) is 6.09. The van der Waals surface area contributed by atoms with Gasteiger partial charge < -0.3 is 0 Å². The van der Waals surface area contributed by atoms with Crippen molar-refractivity contribution in [2.24, 2.45) is 0 Å². The SMILES string of the molecule is CCc1ccccc1[P+](=O)SCl. The Balaban J connectivity index is 3.04. The minimum absolute atomic E-state index is 0.870. The molecule has 0 saturated carbocycles. The molecule has 1 rings (SSSR count). The maximum Gasteiger partial charge on any atom is 0.466 e. The van der Waals surface area contributed by atoms with Crippen LogP contribution in [-0.2, 0) is 11.0 Å². The third kappa shape index (κ3) is 2.22. The molecule has 0 N–H and O–H groups in total. The van der Waals surface area contributed by atoms with Gasteiger partial charge in [-0.25, -0.2) is 0 Å². The lowest BCUT2D eigenvalue weighted by molar-refractivity contribution is 0.601. The summed E-state index contributed by atoms with van der Waals surface area (Å²) in [4.78, 5) is 0. The van der Waals surface area contributed by atoms with E-state index in [1.165, 1.54) is 0 Å². The second-order valence-electron chi connectivity index (χ2n) is 2.31. The molecule has 0 amide bonds. The molecule has 0 heterocycles. The number of benzene rings is 1. The molecular formula is C8H9ClOPS+. The number of rotatable bonds is 3. The lowest BCUT2D eigenvalue weighted by Gasteiger charge is -1.93. The summed E-state index contributed by atoms with van der Waals surface area (Å²) in [7, 11) is 4.87. The van der Waals surface area contributed by atoms with Crippen molar-refractivity contribution in [2.45, 2.75) is 13.3 Å². The van der Waals surface area contributed by atoms with Gasteiger partial charge in [-0.2, -0.15) is 0 Å². The Morgan fingerprint density at radius 3 is 2.75 bits per heavy atom. The van der Waals surface area contributed by atoms with E-state index in [-0.39, 0.29) is 0 Å². The van der Waals surface area contributed by atoms with E-state index in [0.29, 0.717) is 0 Å². The maximum atomic E-state index is 11.4. The normalized spacial score (nSPS) is 11.3. The lowest BCUT2D eigenvalue weighted by atomic mass is 10.2. The standard InChI is InChI=1S/C8H9ClOPS/c1-2-7-5-3-4-6-8(7)11(10)12-9/h3-6H,2H2,1H3/q+1. The Hall–Kier alpha value is -0.0400. The summed E-state index contributed by atoms with van der Waals surface area (Å²) in [5, 5.41) is 0.870. The van der Waals surface area contributed by atoms with Gasteiger partial charge in [0, 0.05) is 16.2 Å². The third-order valence-corrected chi connectivity index (χ3v) is 4.68. The van der Waals surface area contributed by atoms with E-state index in [1.807, 2.05) is 31.2 Å². The molecular weight excluding hydrogens is 211 g/mol. The van der Waals surface area contributed by atoms with Crippen molar-refractivity contribution in [1.82, 2.24) is 0 Å². The number of aryl methyl sites for hydroxylation is 1. The largest absolute Gasteiger partial charge is 0.466 e. The van der Waals surface area contributed by atoms with Crippen LogP contribution in [0, 0.1) is 0 Å². The first-order valence-electron chi connectivity index (χ1n) is 3.63. The summed E-state index contributed by atoms with van der Waals surface area (Å²) >= 11 is 0. The van der Waals surface area contributed by atoms with Crippen molar-refractivity contribution in [3.63, 3.8) is 0 Å². The summed E-state index contributed by atoms with van der Waals surface area (Å²) in [5.74, 6) is 0. The summed E-state index contributed by atoms with van der Waals surface area (Å²) in [6.45, 7) is 2.04. The molecule has 12 heavy (non-hydrogen) atoms. The van der Waals surface area contributed by atoms with Crippen molar-refractivity contribution >= 4 is 33.6 Å². The molecule has 0 aliphatic carbocycles. The Morgan fingerprint density at radius 1 is 1.50 bits per heavy atom. The smallest absolute Gasteiger partial charge is 0.0617 e. The summed E-state index contributed by atoms with van der Waals surface area (Å²) in [5.41, 5.74) is 1.12. The molecule has 1 unspecified atom stereocenters. The Morgan fingerprint density at radius 2 is 2.17 bits per heavy atom. The van der Waals surface area contributed by atoms with E-state index < -0.39 is 7.00 Å². The van der Waals surface area contributed by atoms with Gasteiger partial charge in [0.15, 0.2) is 0 Å². The zero-order valence-corrected chi connectivity index (χ0v) is 9.13. The van der Waals surface area contributed by atoms with Gasteiger partial charge in [0.1, 0.15) is 0 Å². The van der Waals surface area contributed by atoms with Gasteiger partial charge in [-0.05, 0) is 12.5 Å². The fraction of sp³-hybridized carbons (Fsp3) is 0.250. The molecule has 0 bridgehead atoms. The van der Waals surface area contributed by atoms with Crippen molar-refractivity contribution in [2.75, 3.05) is 0 Å². The van der Waals surface area contributed by atoms with Crippen molar-refractivity contribution in [1.29, 1.82) is 0 Å². The minimum Gasteiger partial charge on any atom is -0.0617 e. The van der Waals surface area contributed by atoms with E-state index in [4.69, 9.17) is 10.7 Å². The second kappa shape index (κ2) is 4.86. The zero-order chi connectivity index (χ0) is 8.97. The van der Waals surface area contributed by atoms with Crippen LogP contribution in [-0.4, -0.2) is 0 Å². The van der Waals surface area contributed by atoms with Crippen LogP contribution in [0.2, 0.25) is 0 Å². The van der Waals surface area contributed by atoms with Crippen LogP contribution >= 0.6 is 28.3 Å². The van der Waals surface area contributed by atoms with E-state index in [9.17, 15) is 4.57 Å². The maximum absolute atomic E-state index is 11.4. The predicted molar refractivity (Wildman–Crippen MR) is 56.5 cm³/mol. The average Bonchev–Trinajstić information content (AvgIpc) is 2.16. The molecule has 0 aliphatic rings. The first-order chi connectivity index (χ1) is 5.79. The first kappa shape index (κ1) is 10.0. The highest BCUT2D eigenvalue weighted by Crippen LogP contribution is 2.40. The predicted octanol–water partition coefficient (Wildman–Crippen LogP) is 3.50. The highest BCUT2D eigenvalue weighted by atomic mass is 35.7. The highest BCUT2D eigenvalue weighted by Gasteiger charge is 2.23. The number of hydrogen-bond donors (Lipinski definition) is 0. The molecule has 1 aromatic carbocycles. The van der Waals surface area contributed by atoms with E-state index in [0.717, 1.165) is 27.9 Å². The summed E-state index contributed by atoms with van der Waals surface area (Å²) in [6, 6.07) is 7.68. The van der Waals surface area contributed by atoms with E-state index >= 15 is 0 Å². The lowest BCUT2D eigenvalue weighted by Crippen LogP contribution is -2.01.